The third-order valence-electron chi connectivity index (χ3n) is 3.24. The van der Waals surface area contributed by atoms with Crippen LogP contribution in [0.1, 0.15) is 5.56 Å². The Hall–Kier alpha value is -2.81. The van der Waals surface area contributed by atoms with Gasteiger partial charge in [-0.15, -0.1) is 5.10 Å². The van der Waals surface area contributed by atoms with Gasteiger partial charge < -0.3 is 4.42 Å². The van der Waals surface area contributed by atoms with E-state index in [2.05, 4.69) is 21.0 Å². The van der Waals surface area contributed by atoms with Crippen LogP contribution in [-0.2, 0) is 6.54 Å². The van der Waals surface area contributed by atoms with Crippen molar-refractivity contribution < 1.29 is 13.7 Å². The summed E-state index contributed by atoms with van der Waals surface area (Å²) in [5.41, 5.74) is 0.864. The normalized spacial score (nSPS) is 10.8. The molecule has 0 unspecified atom stereocenters. The summed E-state index contributed by atoms with van der Waals surface area (Å²) in [6.07, 6.45) is 0. The average Bonchev–Trinajstić information content (AvgIpc) is 2.90. The molecule has 0 atom stereocenters. The van der Waals surface area contributed by atoms with Gasteiger partial charge in [-0.05, 0) is 51.8 Å². The van der Waals surface area contributed by atoms with Crippen LogP contribution < -0.4 is 5.76 Å². The standard InChI is InChI=1S/C15H9BrFN3O4/c16-12-6-1-9(7-13(12)20(22)23)8-19-15(21)24-14(18-19)10-2-4-11(17)5-3-10/h1-7H,8H2. The molecule has 0 N–H and O–H groups in total. The van der Waals surface area contributed by atoms with Crippen molar-refractivity contribution in [2.75, 3.05) is 0 Å². The van der Waals surface area contributed by atoms with Crippen molar-refractivity contribution in [3.8, 4) is 11.5 Å². The predicted molar refractivity (Wildman–Crippen MR) is 86.1 cm³/mol. The molecule has 0 aliphatic carbocycles. The minimum absolute atomic E-state index is 0.0116. The summed E-state index contributed by atoms with van der Waals surface area (Å²) in [7, 11) is 0. The second-order valence-electron chi connectivity index (χ2n) is 4.88. The fourth-order valence-electron chi connectivity index (χ4n) is 2.08. The van der Waals surface area contributed by atoms with E-state index in [1.165, 1.54) is 36.4 Å². The average molecular weight is 394 g/mol. The van der Waals surface area contributed by atoms with Gasteiger partial charge in [0.2, 0.25) is 5.89 Å². The van der Waals surface area contributed by atoms with Crippen LogP contribution in [0.5, 0.6) is 0 Å². The first-order valence-corrected chi connectivity index (χ1v) is 7.50. The molecule has 122 valence electrons. The number of hydrogen-bond acceptors (Lipinski definition) is 5. The van der Waals surface area contributed by atoms with Gasteiger partial charge in [-0.3, -0.25) is 10.1 Å². The van der Waals surface area contributed by atoms with Gasteiger partial charge in [-0.25, -0.2) is 9.18 Å². The highest BCUT2D eigenvalue weighted by Gasteiger charge is 2.15. The largest absolute Gasteiger partial charge is 0.437 e. The number of nitrogens with zero attached hydrogens (tertiary/aromatic N) is 3. The smallest absolute Gasteiger partial charge is 0.388 e. The molecular formula is C15H9BrFN3O4. The van der Waals surface area contributed by atoms with Crippen LogP contribution in [0.3, 0.4) is 0 Å². The summed E-state index contributed by atoms with van der Waals surface area (Å²) in [6, 6.07) is 9.85. The lowest BCUT2D eigenvalue weighted by molar-refractivity contribution is -0.385. The molecule has 1 heterocycles. The maximum atomic E-state index is 12.9. The van der Waals surface area contributed by atoms with Crippen molar-refractivity contribution in [3.05, 3.63) is 79.0 Å². The first-order chi connectivity index (χ1) is 11.4. The van der Waals surface area contributed by atoms with E-state index in [1.54, 1.807) is 6.07 Å². The molecule has 9 heteroatoms. The monoisotopic (exact) mass is 393 g/mol. The van der Waals surface area contributed by atoms with Gasteiger partial charge in [0.25, 0.3) is 5.69 Å². The molecule has 0 radical (unpaired) electrons. The van der Waals surface area contributed by atoms with E-state index in [4.69, 9.17) is 4.42 Å². The van der Waals surface area contributed by atoms with Crippen LogP contribution in [0.2, 0.25) is 0 Å². The molecular weight excluding hydrogens is 385 g/mol. The Labute approximate surface area is 142 Å². The highest BCUT2D eigenvalue weighted by atomic mass is 79.9. The second-order valence-corrected chi connectivity index (χ2v) is 5.73. The lowest BCUT2D eigenvalue weighted by Crippen LogP contribution is -2.16. The molecule has 0 spiro atoms. The van der Waals surface area contributed by atoms with E-state index < -0.39 is 16.5 Å². The Bertz CT molecular complexity index is 966. The molecule has 3 aromatic rings. The lowest BCUT2D eigenvalue weighted by Gasteiger charge is -2.01. The maximum Gasteiger partial charge on any atom is 0.437 e. The van der Waals surface area contributed by atoms with E-state index in [0.717, 1.165) is 4.68 Å². The Kier molecular flexibility index (Phi) is 4.26. The number of nitro groups is 1. The van der Waals surface area contributed by atoms with Crippen LogP contribution >= 0.6 is 15.9 Å². The molecule has 0 bridgehead atoms. The predicted octanol–water partition coefficient (Wildman–Crippen LogP) is 3.36. The SMILES string of the molecule is O=c1oc(-c2ccc(F)cc2)nn1Cc1ccc(Br)c([N+](=O)[O-])c1. The van der Waals surface area contributed by atoms with Gasteiger partial charge in [0.15, 0.2) is 0 Å². The Morgan fingerprint density at radius 1 is 1.25 bits per heavy atom. The summed E-state index contributed by atoms with van der Waals surface area (Å²) in [5, 5.41) is 15.0. The summed E-state index contributed by atoms with van der Waals surface area (Å²) in [6.45, 7) is 0.0116. The van der Waals surface area contributed by atoms with Gasteiger partial charge in [0.05, 0.1) is 15.9 Å². The fourth-order valence-corrected chi connectivity index (χ4v) is 2.48. The highest BCUT2D eigenvalue weighted by Crippen LogP contribution is 2.26. The summed E-state index contributed by atoms with van der Waals surface area (Å²) >= 11 is 3.10. The highest BCUT2D eigenvalue weighted by molar-refractivity contribution is 9.10. The van der Waals surface area contributed by atoms with Crippen molar-refractivity contribution in [1.29, 1.82) is 0 Å². The Morgan fingerprint density at radius 3 is 2.62 bits per heavy atom. The van der Waals surface area contributed by atoms with Crippen LogP contribution in [-0.4, -0.2) is 14.7 Å². The van der Waals surface area contributed by atoms with Crippen LogP contribution in [0, 0.1) is 15.9 Å². The molecule has 24 heavy (non-hydrogen) atoms. The molecule has 2 aromatic carbocycles. The Morgan fingerprint density at radius 2 is 1.96 bits per heavy atom. The molecule has 0 aliphatic rings. The van der Waals surface area contributed by atoms with Crippen molar-refractivity contribution in [1.82, 2.24) is 9.78 Å². The number of hydrogen-bond donors (Lipinski definition) is 0. The molecule has 0 amide bonds. The fraction of sp³-hybridized carbons (Fsp3) is 0.0667. The van der Waals surface area contributed by atoms with Gasteiger partial charge in [-0.1, -0.05) is 6.07 Å². The third kappa shape index (κ3) is 3.25. The Balaban J connectivity index is 1.91. The summed E-state index contributed by atoms with van der Waals surface area (Å²) < 4.78 is 19.4. The molecule has 0 fully saturated rings. The van der Waals surface area contributed by atoms with Crippen molar-refractivity contribution in [2.45, 2.75) is 6.54 Å². The van der Waals surface area contributed by atoms with E-state index in [0.29, 0.717) is 15.6 Å². The van der Waals surface area contributed by atoms with Crippen molar-refractivity contribution in [3.63, 3.8) is 0 Å². The number of aromatic nitrogens is 2. The van der Waals surface area contributed by atoms with Crippen LogP contribution in [0.25, 0.3) is 11.5 Å². The number of benzene rings is 2. The molecule has 0 saturated carbocycles. The molecule has 3 rings (SSSR count). The van der Waals surface area contributed by atoms with E-state index in [1.807, 2.05) is 0 Å². The van der Waals surface area contributed by atoms with Gasteiger partial charge >= 0.3 is 5.76 Å². The van der Waals surface area contributed by atoms with Crippen LogP contribution in [0.15, 0.2) is 56.1 Å². The van der Waals surface area contributed by atoms with E-state index in [-0.39, 0.29) is 18.1 Å². The minimum atomic E-state index is -0.708. The molecule has 1 aromatic heterocycles. The molecule has 0 saturated heterocycles. The van der Waals surface area contributed by atoms with Crippen molar-refractivity contribution >= 4 is 21.6 Å². The minimum Gasteiger partial charge on any atom is -0.388 e. The van der Waals surface area contributed by atoms with Crippen LogP contribution in [0.4, 0.5) is 10.1 Å². The number of halogens is 2. The van der Waals surface area contributed by atoms with Gasteiger partial charge in [0, 0.05) is 11.6 Å². The third-order valence-corrected chi connectivity index (χ3v) is 3.91. The van der Waals surface area contributed by atoms with Gasteiger partial charge in [0.1, 0.15) is 5.82 Å². The zero-order chi connectivity index (χ0) is 17.3. The zero-order valence-corrected chi connectivity index (χ0v) is 13.6. The van der Waals surface area contributed by atoms with Gasteiger partial charge in [-0.2, -0.15) is 4.68 Å². The first kappa shape index (κ1) is 16.1. The van der Waals surface area contributed by atoms with E-state index in [9.17, 15) is 19.3 Å². The van der Waals surface area contributed by atoms with E-state index >= 15 is 0 Å². The summed E-state index contributed by atoms with van der Waals surface area (Å²) in [5.74, 6) is -1.07. The number of rotatable bonds is 4. The van der Waals surface area contributed by atoms with Crippen molar-refractivity contribution in [2.24, 2.45) is 0 Å². The molecule has 0 aliphatic heterocycles. The number of nitro benzene ring substituents is 1. The molecule has 7 nitrogen and oxygen atoms in total. The second kappa shape index (κ2) is 6.36. The zero-order valence-electron chi connectivity index (χ0n) is 12.0. The first-order valence-electron chi connectivity index (χ1n) is 6.71. The maximum absolute atomic E-state index is 12.9. The topological polar surface area (TPSA) is 91.2 Å². The lowest BCUT2D eigenvalue weighted by atomic mass is 10.2. The summed E-state index contributed by atoms with van der Waals surface area (Å²) in [4.78, 5) is 22.3. The quantitative estimate of drug-likeness (QED) is 0.500.